The van der Waals surface area contributed by atoms with Gasteiger partial charge in [0.25, 0.3) is 5.69 Å². The van der Waals surface area contributed by atoms with E-state index in [1.54, 1.807) is 36.4 Å². The molecule has 0 aliphatic rings. The van der Waals surface area contributed by atoms with Crippen LogP contribution < -0.4 is 15.4 Å². The monoisotopic (exact) mass is 315 g/mol. The van der Waals surface area contributed by atoms with E-state index in [9.17, 15) is 14.9 Å². The molecule has 0 aromatic heterocycles. The van der Waals surface area contributed by atoms with E-state index in [2.05, 4.69) is 10.6 Å². The number of nitro groups is 1. The van der Waals surface area contributed by atoms with Crippen LogP contribution in [0.2, 0.25) is 0 Å². The number of carbonyl (C=O) groups is 1. The third-order valence-electron chi connectivity index (χ3n) is 2.93. The van der Waals surface area contributed by atoms with E-state index >= 15 is 0 Å². The van der Waals surface area contributed by atoms with Crippen LogP contribution in [-0.4, -0.2) is 24.0 Å². The van der Waals surface area contributed by atoms with E-state index < -0.39 is 4.92 Å². The third kappa shape index (κ3) is 5.31. The zero-order valence-electron chi connectivity index (χ0n) is 12.6. The van der Waals surface area contributed by atoms with Crippen molar-refractivity contribution in [3.8, 4) is 5.75 Å². The highest BCUT2D eigenvalue weighted by atomic mass is 16.6. The number of hydrogen-bond donors (Lipinski definition) is 2. The van der Waals surface area contributed by atoms with Gasteiger partial charge in [0.1, 0.15) is 12.4 Å². The molecule has 2 N–H and O–H groups in total. The SMILES string of the molecule is CC(=O)Nc1cccc(OCCNc2ccc([N+](=O)[O-])cc2)c1. The largest absolute Gasteiger partial charge is 0.492 e. The highest BCUT2D eigenvalue weighted by molar-refractivity contribution is 5.88. The minimum atomic E-state index is -0.436. The second kappa shape index (κ2) is 7.79. The van der Waals surface area contributed by atoms with Crippen molar-refractivity contribution in [1.29, 1.82) is 0 Å². The van der Waals surface area contributed by atoms with Gasteiger partial charge in [0, 0.05) is 43.0 Å². The van der Waals surface area contributed by atoms with Crippen molar-refractivity contribution in [2.45, 2.75) is 6.92 Å². The summed E-state index contributed by atoms with van der Waals surface area (Å²) in [5, 5.41) is 16.4. The lowest BCUT2D eigenvalue weighted by Crippen LogP contribution is -2.11. The molecule has 0 aliphatic heterocycles. The number of nitrogens with one attached hydrogen (secondary N) is 2. The minimum Gasteiger partial charge on any atom is -0.492 e. The molecular formula is C16H17N3O4. The average molecular weight is 315 g/mol. The van der Waals surface area contributed by atoms with Gasteiger partial charge in [-0.25, -0.2) is 0 Å². The van der Waals surface area contributed by atoms with Crippen LogP contribution in [0.3, 0.4) is 0 Å². The summed E-state index contributed by atoms with van der Waals surface area (Å²) in [6.07, 6.45) is 0. The fourth-order valence-electron chi connectivity index (χ4n) is 1.93. The van der Waals surface area contributed by atoms with Crippen LogP contribution in [0.5, 0.6) is 5.75 Å². The Hall–Kier alpha value is -3.09. The quantitative estimate of drug-likeness (QED) is 0.465. The highest BCUT2D eigenvalue weighted by Crippen LogP contribution is 2.18. The number of ether oxygens (including phenoxy) is 1. The Labute approximate surface area is 133 Å². The van der Waals surface area contributed by atoms with Crippen LogP contribution in [0.25, 0.3) is 0 Å². The third-order valence-corrected chi connectivity index (χ3v) is 2.93. The van der Waals surface area contributed by atoms with Crippen molar-refractivity contribution < 1.29 is 14.5 Å². The summed E-state index contributed by atoms with van der Waals surface area (Å²) in [6.45, 7) is 2.41. The normalized spacial score (nSPS) is 9.96. The molecule has 2 aromatic carbocycles. The molecule has 0 unspecified atom stereocenters. The van der Waals surface area contributed by atoms with Crippen LogP contribution in [0.1, 0.15) is 6.92 Å². The Balaban J connectivity index is 1.79. The number of amides is 1. The van der Waals surface area contributed by atoms with Crippen molar-refractivity contribution in [3.63, 3.8) is 0 Å². The Kier molecular flexibility index (Phi) is 5.51. The summed E-state index contributed by atoms with van der Waals surface area (Å²) < 4.78 is 5.59. The highest BCUT2D eigenvalue weighted by Gasteiger charge is 2.03. The molecule has 2 aromatic rings. The molecule has 23 heavy (non-hydrogen) atoms. The van der Waals surface area contributed by atoms with Crippen LogP contribution in [0.4, 0.5) is 17.1 Å². The standard InChI is InChI=1S/C16H17N3O4/c1-12(20)18-14-3-2-4-16(11-14)23-10-9-17-13-5-7-15(8-6-13)19(21)22/h2-8,11,17H,9-10H2,1H3,(H,18,20). The van der Waals surface area contributed by atoms with Crippen molar-refractivity contribution in [1.82, 2.24) is 0 Å². The first kappa shape index (κ1) is 16.3. The average Bonchev–Trinajstić information content (AvgIpc) is 2.52. The van der Waals surface area contributed by atoms with Crippen molar-refractivity contribution in [3.05, 3.63) is 58.6 Å². The van der Waals surface area contributed by atoms with E-state index in [0.29, 0.717) is 24.6 Å². The number of anilines is 2. The molecule has 0 bridgehead atoms. The van der Waals surface area contributed by atoms with Gasteiger partial charge in [-0.2, -0.15) is 0 Å². The topological polar surface area (TPSA) is 93.5 Å². The minimum absolute atomic E-state index is 0.0570. The van der Waals surface area contributed by atoms with E-state index in [1.165, 1.54) is 19.1 Å². The van der Waals surface area contributed by atoms with Crippen LogP contribution >= 0.6 is 0 Å². The Bertz CT molecular complexity index is 686. The number of rotatable bonds is 7. The zero-order valence-corrected chi connectivity index (χ0v) is 12.6. The maximum atomic E-state index is 11.0. The Morgan fingerprint density at radius 2 is 1.91 bits per heavy atom. The van der Waals surface area contributed by atoms with Gasteiger partial charge >= 0.3 is 0 Å². The van der Waals surface area contributed by atoms with Crippen molar-refractivity contribution in [2.75, 3.05) is 23.8 Å². The molecule has 0 aliphatic carbocycles. The predicted octanol–water partition coefficient (Wildman–Crippen LogP) is 3.04. The van der Waals surface area contributed by atoms with Crippen LogP contribution in [0, 0.1) is 10.1 Å². The van der Waals surface area contributed by atoms with E-state index in [0.717, 1.165) is 5.69 Å². The number of nitro benzene ring substituents is 1. The first-order valence-electron chi connectivity index (χ1n) is 7.03. The first-order valence-corrected chi connectivity index (χ1v) is 7.03. The van der Waals surface area contributed by atoms with Gasteiger partial charge in [-0.15, -0.1) is 0 Å². The first-order chi connectivity index (χ1) is 11.0. The molecule has 0 heterocycles. The smallest absolute Gasteiger partial charge is 0.269 e. The van der Waals surface area contributed by atoms with Gasteiger partial charge in [-0.1, -0.05) is 6.07 Å². The Morgan fingerprint density at radius 1 is 1.17 bits per heavy atom. The molecule has 0 radical (unpaired) electrons. The van der Waals surface area contributed by atoms with Gasteiger partial charge in [-0.3, -0.25) is 14.9 Å². The maximum absolute atomic E-state index is 11.0. The summed E-state index contributed by atoms with van der Waals surface area (Å²) in [7, 11) is 0. The summed E-state index contributed by atoms with van der Waals surface area (Å²) in [5.41, 5.74) is 1.52. The van der Waals surface area contributed by atoms with Gasteiger partial charge in [0.15, 0.2) is 0 Å². The molecule has 2 rings (SSSR count). The number of benzene rings is 2. The second-order valence-electron chi connectivity index (χ2n) is 4.79. The molecule has 1 amide bonds. The lowest BCUT2D eigenvalue weighted by atomic mass is 10.3. The number of hydrogen-bond acceptors (Lipinski definition) is 5. The predicted molar refractivity (Wildman–Crippen MR) is 87.8 cm³/mol. The number of carbonyl (C=O) groups excluding carboxylic acids is 1. The van der Waals surface area contributed by atoms with Gasteiger partial charge in [-0.05, 0) is 24.3 Å². The molecule has 7 nitrogen and oxygen atoms in total. The van der Waals surface area contributed by atoms with Crippen molar-refractivity contribution >= 4 is 23.0 Å². The second-order valence-corrected chi connectivity index (χ2v) is 4.79. The molecule has 7 heteroatoms. The van der Waals surface area contributed by atoms with E-state index in [1.807, 2.05) is 0 Å². The van der Waals surface area contributed by atoms with E-state index in [4.69, 9.17) is 4.74 Å². The lowest BCUT2D eigenvalue weighted by Gasteiger charge is -2.10. The fourth-order valence-corrected chi connectivity index (χ4v) is 1.93. The molecule has 0 atom stereocenters. The van der Waals surface area contributed by atoms with Gasteiger partial charge < -0.3 is 15.4 Å². The summed E-state index contributed by atoms with van der Waals surface area (Å²) in [5.74, 6) is 0.517. The lowest BCUT2D eigenvalue weighted by molar-refractivity contribution is -0.384. The van der Waals surface area contributed by atoms with Gasteiger partial charge in [0.2, 0.25) is 5.91 Å². The summed E-state index contributed by atoms with van der Waals surface area (Å²) in [4.78, 5) is 21.1. The maximum Gasteiger partial charge on any atom is 0.269 e. The van der Waals surface area contributed by atoms with Gasteiger partial charge in [0.05, 0.1) is 4.92 Å². The van der Waals surface area contributed by atoms with Crippen molar-refractivity contribution in [2.24, 2.45) is 0 Å². The number of non-ortho nitro benzene ring substituents is 1. The van der Waals surface area contributed by atoms with Crippen LogP contribution in [0.15, 0.2) is 48.5 Å². The zero-order chi connectivity index (χ0) is 16.7. The summed E-state index contributed by atoms with van der Waals surface area (Å²) >= 11 is 0. The molecular weight excluding hydrogens is 298 g/mol. The van der Waals surface area contributed by atoms with E-state index in [-0.39, 0.29) is 11.6 Å². The molecule has 0 saturated carbocycles. The Morgan fingerprint density at radius 3 is 2.57 bits per heavy atom. The fraction of sp³-hybridized carbons (Fsp3) is 0.188. The molecule has 0 fully saturated rings. The molecule has 0 saturated heterocycles. The molecule has 0 spiro atoms. The number of nitrogens with zero attached hydrogens (tertiary/aromatic N) is 1. The molecule has 120 valence electrons. The summed E-state index contributed by atoms with van der Waals surface area (Å²) in [6, 6.07) is 13.3. The van der Waals surface area contributed by atoms with Crippen LogP contribution in [-0.2, 0) is 4.79 Å².